The Labute approximate surface area is 117 Å². The molecule has 0 N–H and O–H groups in total. The minimum Gasteiger partial charge on any atom is -0.228 e. The summed E-state index contributed by atoms with van der Waals surface area (Å²) in [5, 5.41) is -0.258. The van der Waals surface area contributed by atoms with Crippen LogP contribution >= 0.6 is 43.2 Å². The number of hydrogen-bond donors (Lipinski definition) is 0. The highest BCUT2D eigenvalue weighted by molar-refractivity contribution is 9.11. The van der Waals surface area contributed by atoms with Gasteiger partial charge < -0.3 is 0 Å². The Morgan fingerprint density at radius 1 is 1.38 bits per heavy atom. The molecule has 1 saturated heterocycles. The Morgan fingerprint density at radius 2 is 2.12 bits per heavy atom. The van der Waals surface area contributed by atoms with E-state index in [1.165, 1.54) is 0 Å². The van der Waals surface area contributed by atoms with E-state index in [0.717, 1.165) is 27.9 Å². The van der Waals surface area contributed by atoms with E-state index in [9.17, 15) is 8.42 Å². The van der Waals surface area contributed by atoms with E-state index in [1.807, 2.05) is 12.1 Å². The first kappa shape index (κ1) is 13.1. The highest BCUT2D eigenvalue weighted by atomic mass is 79.9. The monoisotopic (exact) mass is 386 g/mol. The molecule has 16 heavy (non-hydrogen) atoms. The molecular formula is C10H12Br2O2S2. The number of sulfone groups is 1. The van der Waals surface area contributed by atoms with Gasteiger partial charge in [0.05, 0.1) is 19.6 Å². The van der Waals surface area contributed by atoms with Crippen molar-refractivity contribution in [3.63, 3.8) is 0 Å². The molecule has 0 amide bonds. The third-order valence-corrected chi connectivity index (χ3v) is 8.60. The predicted molar refractivity (Wildman–Crippen MR) is 75.1 cm³/mol. The number of rotatable bonds is 2. The van der Waals surface area contributed by atoms with Crippen molar-refractivity contribution in [3.05, 3.63) is 20.8 Å². The summed E-state index contributed by atoms with van der Waals surface area (Å²) in [6.45, 7) is 0. The first-order chi connectivity index (χ1) is 7.50. The molecule has 1 aromatic heterocycles. The van der Waals surface area contributed by atoms with E-state index in [1.54, 1.807) is 11.3 Å². The van der Waals surface area contributed by atoms with Gasteiger partial charge in [0, 0.05) is 4.88 Å². The molecule has 0 bridgehead atoms. The molecule has 0 aliphatic carbocycles. The second-order valence-corrected chi connectivity index (χ2v) is 9.77. The third-order valence-electron chi connectivity index (χ3n) is 2.82. The summed E-state index contributed by atoms with van der Waals surface area (Å²) in [4.78, 5) is 1.02. The van der Waals surface area contributed by atoms with Gasteiger partial charge in [-0.05, 0) is 40.9 Å². The first-order valence-electron chi connectivity index (χ1n) is 5.11. The molecule has 0 aromatic carbocycles. The number of thiophene rings is 1. The van der Waals surface area contributed by atoms with Gasteiger partial charge in [0.2, 0.25) is 0 Å². The fraction of sp³-hybridized carbons (Fsp3) is 0.600. The summed E-state index contributed by atoms with van der Waals surface area (Å²) in [5.41, 5.74) is 0. The lowest BCUT2D eigenvalue weighted by Crippen LogP contribution is -2.31. The Hall–Kier alpha value is 0.610. The molecule has 6 heteroatoms. The highest BCUT2D eigenvalue weighted by Crippen LogP contribution is 2.40. The minimum atomic E-state index is -2.92. The van der Waals surface area contributed by atoms with E-state index in [-0.39, 0.29) is 10.1 Å². The smallest absolute Gasteiger partial charge is 0.154 e. The fourth-order valence-corrected chi connectivity index (χ4v) is 7.15. The predicted octanol–water partition coefficient (Wildman–Crippen LogP) is 3.91. The van der Waals surface area contributed by atoms with Gasteiger partial charge in [-0.2, -0.15) is 0 Å². The van der Waals surface area contributed by atoms with E-state index < -0.39 is 9.84 Å². The lowest BCUT2D eigenvalue weighted by Gasteiger charge is -2.25. The SMILES string of the molecule is O=S1(=O)CCCCC1C(Br)c1ccc(Br)s1. The van der Waals surface area contributed by atoms with Crippen LogP contribution in [-0.4, -0.2) is 19.4 Å². The average Bonchev–Trinajstić information content (AvgIpc) is 2.63. The molecule has 2 rings (SSSR count). The summed E-state index contributed by atoms with van der Waals surface area (Å²) in [5.74, 6) is 0.340. The van der Waals surface area contributed by atoms with Crippen LogP contribution in [0.25, 0.3) is 0 Å². The molecule has 2 unspecified atom stereocenters. The van der Waals surface area contributed by atoms with Crippen LogP contribution in [0.2, 0.25) is 0 Å². The van der Waals surface area contributed by atoms with Crippen LogP contribution < -0.4 is 0 Å². The van der Waals surface area contributed by atoms with Gasteiger partial charge in [-0.15, -0.1) is 11.3 Å². The maximum absolute atomic E-state index is 12.0. The molecule has 1 aromatic rings. The molecular weight excluding hydrogens is 376 g/mol. The molecule has 1 aliphatic rings. The normalized spacial score (nSPS) is 26.5. The molecule has 1 fully saturated rings. The number of alkyl halides is 1. The van der Waals surface area contributed by atoms with Crippen LogP contribution in [0.3, 0.4) is 0 Å². The quantitative estimate of drug-likeness (QED) is 0.720. The summed E-state index contributed by atoms with van der Waals surface area (Å²) in [7, 11) is -2.92. The lowest BCUT2D eigenvalue weighted by atomic mass is 10.1. The average molecular weight is 388 g/mol. The Kier molecular flexibility index (Phi) is 4.14. The largest absolute Gasteiger partial charge is 0.228 e. The topological polar surface area (TPSA) is 34.1 Å². The van der Waals surface area contributed by atoms with Crippen molar-refractivity contribution in [1.82, 2.24) is 0 Å². The summed E-state index contributed by atoms with van der Waals surface area (Å²) >= 11 is 8.54. The maximum Gasteiger partial charge on any atom is 0.154 e. The van der Waals surface area contributed by atoms with Crippen molar-refractivity contribution in [2.24, 2.45) is 0 Å². The molecule has 0 spiro atoms. The van der Waals surface area contributed by atoms with Crippen LogP contribution in [0.1, 0.15) is 29.0 Å². The standard InChI is InChI=1S/C10H12Br2O2S2/c11-9-5-4-7(15-9)10(12)8-3-1-2-6-16(8,13)14/h4-5,8,10H,1-3,6H2. The molecule has 2 heterocycles. The fourth-order valence-electron chi connectivity index (χ4n) is 1.97. The Morgan fingerprint density at radius 3 is 2.69 bits per heavy atom. The molecule has 2 atom stereocenters. The van der Waals surface area contributed by atoms with Crippen molar-refractivity contribution < 1.29 is 8.42 Å². The van der Waals surface area contributed by atoms with Crippen molar-refractivity contribution >= 4 is 53.0 Å². The first-order valence-corrected chi connectivity index (χ1v) is 9.35. The van der Waals surface area contributed by atoms with Crippen molar-refractivity contribution in [1.29, 1.82) is 0 Å². The Bertz CT molecular complexity index is 467. The van der Waals surface area contributed by atoms with Gasteiger partial charge in [0.25, 0.3) is 0 Å². The summed E-state index contributed by atoms with van der Waals surface area (Å²) in [6.07, 6.45) is 2.60. The van der Waals surface area contributed by atoms with Crippen molar-refractivity contribution in [2.75, 3.05) is 5.75 Å². The summed E-state index contributed by atoms with van der Waals surface area (Å²) < 4.78 is 25.0. The van der Waals surface area contributed by atoms with Gasteiger partial charge in [0.15, 0.2) is 9.84 Å². The number of halogens is 2. The van der Waals surface area contributed by atoms with Crippen LogP contribution in [-0.2, 0) is 9.84 Å². The molecule has 2 nitrogen and oxygen atoms in total. The van der Waals surface area contributed by atoms with Gasteiger partial charge in [-0.1, -0.05) is 22.4 Å². The van der Waals surface area contributed by atoms with Gasteiger partial charge in [0.1, 0.15) is 0 Å². The number of hydrogen-bond acceptors (Lipinski definition) is 3. The summed E-state index contributed by atoms with van der Waals surface area (Å²) in [6, 6.07) is 3.95. The van der Waals surface area contributed by atoms with Gasteiger partial charge >= 0.3 is 0 Å². The zero-order valence-electron chi connectivity index (χ0n) is 8.53. The lowest BCUT2D eigenvalue weighted by molar-refractivity contribution is 0.538. The third kappa shape index (κ3) is 2.71. The highest BCUT2D eigenvalue weighted by Gasteiger charge is 2.35. The van der Waals surface area contributed by atoms with E-state index in [0.29, 0.717) is 5.75 Å². The van der Waals surface area contributed by atoms with Gasteiger partial charge in [-0.3, -0.25) is 0 Å². The molecule has 0 saturated carbocycles. The Balaban J connectivity index is 2.24. The maximum atomic E-state index is 12.0. The molecule has 1 aliphatic heterocycles. The van der Waals surface area contributed by atoms with Gasteiger partial charge in [-0.25, -0.2) is 8.42 Å². The van der Waals surface area contributed by atoms with Crippen LogP contribution in [0.4, 0.5) is 0 Å². The van der Waals surface area contributed by atoms with E-state index in [2.05, 4.69) is 31.9 Å². The van der Waals surface area contributed by atoms with Crippen LogP contribution in [0.15, 0.2) is 15.9 Å². The van der Waals surface area contributed by atoms with Crippen LogP contribution in [0, 0.1) is 0 Å². The minimum absolute atomic E-state index is 0.0610. The second kappa shape index (κ2) is 5.08. The second-order valence-electron chi connectivity index (χ2n) is 3.94. The van der Waals surface area contributed by atoms with E-state index in [4.69, 9.17) is 0 Å². The molecule has 90 valence electrons. The van der Waals surface area contributed by atoms with Crippen molar-refractivity contribution in [2.45, 2.75) is 29.3 Å². The van der Waals surface area contributed by atoms with E-state index >= 15 is 0 Å². The van der Waals surface area contributed by atoms with Crippen LogP contribution in [0.5, 0.6) is 0 Å². The molecule has 0 radical (unpaired) electrons. The zero-order valence-corrected chi connectivity index (χ0v) is 13.3. The zero-order chi connectivity index (χ0) is 11.8. The van der Waals surface area contributed by atoms with Crippen molar-refractivity contribution in [3.8, 4) is 0 Å².